The predicted molar refractivity (Wildman–Crippen MR) is 78.5 cm³/mol. The molecule has 21 heavy (non-hydrogen) atoms. The van der Waals surface area contributed by atoms with Crippen molar-refractivity contribution in [1.29, 1.82) is 0 Å². The van der Waals surface area contributed by atoms with Crippen molar-refractivity contribution in [2.45, 2.75) is 0 Å². The van der Waals surface area contributed by atoms with Gasteiger partial charge in [0, 0.05) is 10.4 Å². The van der Waals surface area contributed by atoms with Gasteiger partial charge in [-0.1, -0.05) is 11.6 Å². The summed E-state index contributed by atoms with van der Waals surface area (Å²) in [7, 11) is 0. The van der Waals surface area contributed by atoms with Crippen molar-refractivity contribution in [3.63, 3.8) is 0 Å². The Kier molecular flexibility index (Phi) is 2.62. The van der Waals surface area contributed by atoms with E-state index in [1.165, 1.54) is 4.68 Å². The molecule has 1 aromatic heterocycles. The summed E-state index contributed by atoms with van der Waals surface area (Å²) in [6.45, 7) is 0.171. The molecule has 0 radical (unpaired) electrons. The van der Waals surface area contributed by atoms with Gasteiger partial charge in [-0.2, -0.15) is 9.78 Å². The molecule has 5 nitrogen and oxygen atoms in total. The summed E-state index contributed by atoms with van der Waals surface area (Å²) in [4.78, 5) is 12.6. The molecule has 0 fully saturated rings. The van der Waals surface area contributed by atoms with Gasteiger partial charge in [-0.3, -0.25) is 4.79 Å². The van der Waals surface area contributed by atoms with Crippen LogP contribution in [-0.4, -0.2) is 16.6 Å². The van der Waals surface area contributed by atoms with Crippen molar-refractivity contribution < 1.29 is 9.47 Å². The molecule has 2 aromatic carbocycles. The van der Waals surface area contributed by atoms with E-state index < -0.39 is 0 Å². The summed E-state index contributed by atoms with van der Waals surface area (Å²) < 4.78 is 11.9. The maximum Gasteiger partial charge on any atom is 0.279 e. The second kappa shape index (κ2) is 4.49. The third kappa shape index (κ3) is 1.94. The molecule has 4 rings (SSSR count). The number of ether oxygens (including phenoxy) is 2. The normalized spacial score (nSPS) is 12.8. The number of hydrogen-bond donors (Lipinski definition) is 0. The molecule has 0 atom stereocenters. The van der Waals surface area contributed by atoms with Crippen molar-refractivity contribution >= 4 is 22.4 Å². The highest BCUT2D eigenvalue weighted by Gasteiger charge is 2.16. The largest absolute Gasteiger partial charge is 0.454 e. The zero-order valence-corrected chi connectivity index (χ0v) is 11.5. The van der Waals surface area contributed by atoms with Crippen LogP contribution in [0.5, 0.6) is 11.5 Å². The second-order valence-electron chi connectivity index (χ2n) is 4.63. The van der Waals surface area contributed by atoms with Crippen LogP contribution in [0.25, 0.3) is 16.5 Å². The lowest BCUT2D eigenvalue weighted by molar-refractivity contribution is 0.174. The van der Waals surface area contributed by atoms with E-state index in [0.717, 1.165) is 5.39 Å². The van der Waals surface area contributed by atoms with E-state index in [9.17, 15) is 4.79 Å². The molecule has 6 heteroatoms. The molecule has 0 aliphatic carbocycles. The predicted octanol–water partition coefficient (Wildman–Crippen LogP) is 2.77. The fraction of sp³-hybridized carbons (Fsp3) is 0.0667. The molecular weight excluding hydrogens is 292 g/mol. The zero-order valence-electron chi connectivity index (χ0n) is 10.7. The second-order valence-corrected chi connectivity index (χ2v) is 5.07. The van der Waals surface area contributed by atoms with E-state index in [1.807, 2.05) is 0 Å². The average Bonchev–Trinajstić information content (AvgIpc) is 2.94. The quantitative estimate of drug-likeness (QED) is 0.693. The minimum absolute atomic E-state index is 0.171. The first-order valence-corrected chi connectivity index (χ1v) is 6.68. The van der Waals surface area contributed by atoms with E-state index in [0.29, 0.717) is 27.6 Å². The van der Waals surface area contributed by atoms with Crippen LogP contribution in [-0.2, 0) is 0 Å². The van der Waals surface area contributed by atoms with Gasteiger partial charge in [-0.25, -0.2) is 0 Å². The van der Waals surface area contributed by atoms with Gasteiger partial charge in [0.1, 0.15) is 0 Å². The Morgan fingerprint density at radius 1 is 1.10 bits per heavy atom. The summed E-state index contributed by atoms with van der Waals surface area (Å²) in [6, 6.07) is 10.4. The Labute approximate surface area is 124 Å². The van der Waals surface area contributed by atoms with Gasteiger partial charge in [0.25, 0.3) is 5.56 Å². The highest BCUT2D eigenvalue weighted by Crippen LogP contribution is 2.34. The standard InChI is InChI=1S/C15H9ClN2O3/c16-10-1-3-11(4-2-10)18-15(19)12-6-14-13(20-8-21-14)5-9(12)7-17-18/h1-7H,8H2. The highest BCUT2D eigenvalue weighted by molar-refractivity contribution is 6.30. The first kappa shape index (κ1) is 12.2. The smallest absolute Gasteiger partial charge is 0.279 e. The monoisotopic (exact) mass is 300 g/mol. The van der Waals surface area contributed by atoms with Gasteiger partial charge >= 0.3 is 0 Å². The van der Waals surface area contributed by atoms with Crippen LogP contribution in [0.1, 0.15) is 0 Å². The third-order valence-corrected chi connectivity index (χ3v) is 3.60. The SMILES string of the molecule is O=c1c2cc3c(cc2cnn1-c1ccc(Cl)cc1)OCO3. The van der Waals surface area contributed by atoms with Crippen molar-refractivity contribution in [2.24, 2.45) is 0 Å². The van der Waals surface area contributed by atoms with Crippen molar-refractivity contribution in [2.75, 3.05) is 6.79 Å². The lowest BCUT2D eigenvalue weighted by atomic mass is 10.2. The van der Waals surface area contributed by atoms with E-state index in [-0.39, 0.29) is 12.4 Å². The molecule has 0 unspecified atom stereocenters. The van der Waals surface area contributed by atoms with Crippen molar-refractivity contribution in [1.82, 2.24) is 9.78 Å². The van der Waals surface area contributed by atoms with Gasteiger partial charge in [-0.15, -0.1) is 0 Å². The van der Waals surface area contributed by atoms with Gasteiger partial charge in [-0.05, 0) is 36.4 Å². The Balaban J connectivity index is 1.96. The topological polar surface area (TPSA) is 53.4 Å². The number of halogens is 1. The molecule has 0 saturated carbocycles. The van der Waals surface area contributed by atoms with E-state index >= 15 is 0 Å². The first-order valence-electron chi connectivity index (χ1n) is 6.30. The zero-order chi connectivity index (χ0) is 14.4. The molecule has 3 aromatic rings. The van der Waals surface area contributed by atoms with Crippen LogP contribution in [0.3, 0.4) is 0 Å². The van der Waals surface area contributed by atoms with E-state index in [4.69, 9.17) is 21.1 Å². The molecule has 0 saturated heterocycles. The maximum atomic E-state index is 12.6. The first-order chi connectivity index (χ1) is 10.2. The molecular formula is C15H9ClN2O3. The highest BCUT2D eigenvalue weighted by atomic mass is 35.5. The fourth-order valence-electron chi connectivity index (χ4n) is 2.30. The van der Waals surface area contributed by atoms with E-state index in [2.05, 4.69) is 5.10 Å². The van der Waals surface area contributed by atoms with Crippen molar-refractivity contribution in [3.8, 4) is 17.2 Å². The Morgan fingerprint density at radius 2 is 1.81 bits per heavy atom. The third-order valence-electron chi connectivity index (χ3n) is 3.35. The minimum atomic E-state index is -0.215. The lowest BCUT2D eigenvalue weighted by Crippen LogP contribution is -2.20. The van der Waals surface area contributed by atoms with Crippen LogP contribution in [0.4, 0.5) is 0 Å². The van der Waals surface area contributed by atoms with Gasteiger partial charge in [0.05, 0.1) is 17.3 Å². The van der Waals surface area contributed by atoms with Crippen LogP contribution in [0.2, 0.25) is 5.02 Å². The van der Waals surface area contributed by atoms with Crippen molar-refractivity contribution in [3.05, 3.63) is 58.0 Å². The van der Waals surface area contributed by atoms with Gasteiger partial charge < -0.3 is 9.47 Å². The summed E-state index contributed by atoms with van der Waals surface area (Å²) >= 11 is 5.86. The summed E-state index contributed by atoms with van der Waals surface area (Å²) in [5, 5.41) is 6.05. The van der Waals surface area contributed by atoms with Crippen LogP contribution in [0, 0.1) is 0 Å². The summed E-state index contributed by atoms with van der Waals surface area (Å²) in [5.41, 5.74) is 0.442. The number of nitrogens with zero attached hydrogens (tertiary/aromatic N) is 2. The Morgan fingerprint density at radius 3 is 2.57 bits per heavy atom. The fourth-order valence-corrected chi connectivity index (χ4v) is 2.43. The molecule has 2 heterocycles. The lowest BCUT2D eigenvalue weighted by Gasteiger charge is -2.06. The molecule has 0 N–H and O–H groups in total. The number of aromatic nitrogens is 2. The number of benzene rings is 2. The Hall–Kier alpha value is -2.53. The molecule has 0 bridgehead atoms. The number of fused-ring (bicyclic) bond motifs is 2. The van der Waals surface area contributed by atoms with Crippen LogP contribution >= 0.6 is 11.6 Å². The summed E-state index contributed by atoms with van der Waals surface area (Å²) in [5.74, 6) is 1.21. The van der Waals surface area contributed by atoms with E-state index in [1.54, 1.807) is 42.6 Å². The molecule has 1 aliphatic rings. The minimum Gasteiger partial charge on any atom is -0.454 e. The average molecular weight is 301 g/mol. The van der Waals surface area contributed by atoms with Crippen LogP contribution < -0.4 is 15.0 Å². The Bertz CT molecular complexity index is 903. The molecule has 0 spiro atoms. The molecule has 1 aliphatic heterocycles. The van der Waals surface area contributed by atoms with Gasteiger partial charge in [0.15, 0.2) is 11.5 Å². The molecule has 104 valence electrons. The maximum absolute atomic E-state index is 12.6. The number of hydrogen-bond acceptors (Lipinski definition) is 4. The van der Waals surface area contributed by atoms with Gasteiger partial charge in [0.2, 0.25) is 6.79 Å². The molecule has 0 amide bonds. The summed E-state index contributed by atoms with van der Waals surface area (Å²) in [6.07, 6.45) is 1.63. The van der Waals surface area contributed by atoms with Crippen LogP contribution in [0.15, 0.2) is 47.4 Å². The number of rotatable bonds is 1.